The van der Waals surface area contributed by atoms with E-state index in [1.807, 2.05) is 30.3 Å². The van der Waals surface area contributed by atoms with Gasteiger partial charge in [0.1, 0.15) is 11.6 Å². The number of phenols is 1. The summed E-state index contributed by atoms with van der Waals surface area (Å²) in [5.41, 5.74) is 12.7. The Bertz CT molecular complexity index is 3180. The average molecular weight is 679 g/mol. The lowest BCUT2D eigenvalue weighted by Crippen LogP contribution is -2.00. The minimum absolute atomic E-state index is 0.172. The van der Waals surface area contributed by atoms with Gasteiger partial charge in [-0.05, 0) is 42.0 Å². The number of phenolic OH excluding ortho intramolecular Hbond substituents is 1. The maximum Gasteiger partial charge on any atom is 0.149 e. The monoisotopic (exact) mass is 678 g/mol. The van der Waals surface area contributed by atoms with Gasteiger partial charge in [-0.2, -0.15) is 0 Å². The molecule has 0 spiro atoms. The third-order valence-electron chi connectivity index (χ3n) is 10.6. The van der Waals surface area contributed by atoms with Crippen molar-refractivity contribution in [2.75, 3.05) is 0 Å². The summed E-state index contributed by atoms with van der Waals surface area (Å²) < 4.78 is 4.60. The molecule has 0 aliphatic carbocycles. The Hall–Kier alpha value is -7.24. The van der Waals surface area contributed by atoms with Gasteiger partial charge in [0, 0.05) is 38.2 Å². The number of aromatic hydroxyl groups is 1. The SMILES string of the molecule is Oc1ccccc1-c1nc2c(-c3nc(-c4ccccc4)cc4c3c3cccc5c6ccccc6n4c53)cccc2n1-c1ccccc1-c1ccccc1. The number of rotatable bonds is 5. The number of nitrogens with zero attached hydrogens (tertiary/aromatic N) is 4. The van der Waals surface area contributed by atoms with Crippen molar-refractivity contribution in [3.63, 3.8) is 0 Å². The maximum absolute atomic E-state index is 11.3. The summed E-state index contributed by atoms with van der Waals surface area (Å²) in [5, 5.41) is 16.0. The van der Waals surface area contributed by atoms with E-state index < -0.39 is 0 Å². The van der Waals surface area contributed by atoms with Gasteiger partial charge in [-0.3, -0.25) is 4.57 Å². The van der Waals surface area contributed by atoms with E-state index in [1.165, 1.54) is 21.8 Å². The highest BCUT2D eigenvalue weighted by Crippen LogP contribution is 2.45. The van der Waals surface area contributed by atoms with E-state index in [0.29, 0.717) is 11.4 Å². The van der Waals surface area contributed by atoms with Crippen LogP contribution in [-0.4, -0.2) is 24.0 Å². The van der Waals surface area contributed by atoms with E-state index in [4.69, 9.17) is 9.97 Å². The van der Waals surface area contributed by atoms with E-state index >= 15 is 0 Å². The third-order valence-corrected chi connectivity index (χ3v) is 10.6. The molecule has 5 nitrogen and oxygen atoms in total. The Morgan fingerprint density at radius 1 is 0.453 bits per heavy atom. The Morgan fingerprint density at radius 2 is 1.08 bits per heavy atom. The molecule has 248 valence electrons. The van der Waals surface area contributed by atoms with E-state index in [1.54, 1.807) is 6.07 Å². The van der Waals surface area contributed by atoms with Gasteiger partial charge < -0.3 is 9.51 Å². The summed E-state index contributed by atoms with van der Waals surface area (Å²) in [7, 11) is 0. The summed E-state index contributed by atoms with van der Waals surface area (Å²) in [5.74, 6) is 0.829. The molecule has 5 heteroatoms. The molecule has 7 aromatic carbocycles. The molecular formula is C48H30N4O. The molecule has 0 radical (unpaired) electrons. The number of hydrogen-bond acceptors (Lipinski definition) is 3. The van der Waals surface area contributed by atoms with Crippen LogP contribution in [0.5, 0.6) is 5.75 Å². The molecule has 1 N–H and O–H groups in total. The number of fused-ring (bicyclic) bond motifs is 7. The first-order chi connectivity index (χ1) is 26.2. The van der Waals surface area contributed by atoms with Crippen LogP contribution in [-0.2, 0) is 0 Å². The zero-order valence-corrected chi connectivity index (χ0v) is 28.5. The minimum Gasteiger partial charge on any atom is -0.507 e. The van der Waals surface area contributed by atoms with Gasteiger partial charge in [-0.15, -0.1) is 0 Å². The normalized spacial score (nSPS) is 11.8. The predicted molar refractivity (Wildman–Crippen MR) is 217 cm³/mol. The quantitative estimate of drug-likeness (QED) is 0.197. The summed E-state index contributed by atoms with van der Waals surface area (Å²) >= 11 is 0. The highest BCUT2D eigenvalue weighted by Gasteiger charge is 2.26. The average Bonchev–Trinajstić information content (AvgIpc) is 3.89. The Balaban J connectivity index is 1.29. The molecule has 0 aliphatic heterocycles. The molecule has 0 saturated carbocycles. The van der Waals surface area contributed by atoms with Crippen molar-refractivity contribution in [3.05, 3.63) is 176 Å². The molecule has 53 heavy (non-hydrogen) atoms. The lowest BCUT2D eigenvalue weighted by Gasteiger charge is -2.15. The van der Waals surface area contributed by atoms with Crippen LogP contribution in [0.3, 0.4) is 0 Å². The van der Waals surface area contributed by atoms with Crippen LogP contribution in [0, 0.1) is 0 Å². The van der Waals surface area contributed by atoms with Gasteiger partial charge in [0.25, 0.3) is 0 Å². The summed E-state index contributed by atoms with van der Waals surface area (Å²) in [4.78, 5) is 11.0. The van der Waals surface area contributed by atoms with Gasteiger partial charge >= 0.3 is 0 Å². The largest absolute Gasteiger partial charge is 0.507 e. The maximum atomic E-state index is 11.3. The van der Waals surface area contributed by atoms with Crippen molar-refractivity contribution >= 4 is 49.1 Å². The second kappa shape index (κ2) is 11.4. The molecule has 0 fully saturated rings. The first-order valence-corrected chi connectivity index (χ1v) is 17.8. The van der Waals surface area contributed by atoms with Crippen LogP contribution >= 0.6 is 0 Å². The summed E-state index contributed by atoms with van der Waals surface area (Å²) in [6, 6.07) is 60.5. The molecule has 0 bridgehead atoms. The van der Waals surface area contributed by atoms with Crippen LogP contribution in [0.2, 0.25) is 0 Å². The number of imidazole rings is 1. The smallest absolute Gasteiger partial charge is 0.149 e. The molecular weight excluding hydrogens is 649 g/mol. The number of para-hydroxylation sites is 5. The molecule has 0 saturated heterocycles. The molecule has 0 amide bonds. The Morgan fingerprint density at radius 3 is 1.91 bits per heavy atom. The van der Waals surface area contributed by atoms with Crippen LogP contribution in [0.1, 0.15) is 0 Å². The van der Waals surface area contributed by atoms with E-state index in [9.17, 15) is 5.11 Å². The van der Waals surface area contributed by atoms with Crippen molar-refractivity contribution in [2.45, 2.75) is 0 Å². The van der Waals surface area contributed by atoms with Gasteiger partial charge in [0.15, 0.2) is 0 Å². The minimum atomic E-state index is 0.172. The topological polar surface area (TPSA) is 55.4 Å². The molecule has 0 unspecified atom stereocenters. The summed E-state index contributed by atoms with van der Waals surface area (Å²) in [6.07, 6.45) is 0. The molecule has 11 aromatic rings. The van der Waals surface area contributed by atoms with Crippen molar-refractivity contribution in [1.82, 2.24) is 18.9 Å². The molecule has 0 atom stereocenters. The van der Waals surface area contributed by atoms with Crippen LogP contribution in [0.25, 0.3) is 99.8 Å². The number of pyridine rings is 1. The molecule has 4 aromatic heterocycles. The zero-order chi connectivity index (χ0) is 35.0. The zero-order valence-electron chi connectivity index (χ0n) is 28.5. The van der Waals surface area contributed by atoms with Crippen molar-refractivity contribution < 1.29 is 5.11 Å². The highest BCUT2D eigenvalue weighted by atomic mass is 16.3. The van der Waals surface area contributed by atoms with Crippen LogP contribution < -0.4 is 0 Å². The predicted octanol–water partition coefficient (Wildman–Crippen LogP) is 11.9. The Kier molecular flexibility index (Phi) is 6.34. The van der Waals surface area contributed by atoms with E-state index in [-0.39, 0.29) is 5.75 Å². The van der Waals surface area contributed by atoms with E-state index in [0.717, 1.165) is 66.7 Å². The number of hydrogen-bond donors (Lipinski definition) is 1. The number of benzene rings is 7. The van der Waals surface area contributed by atoms with E-state index in [2.05, 4.69) is 148 Å². The van der Waals surface area contributed by atoms with Crippen LogP contribution in [0.4, 0.5) is 0 Å². The molecule has 0 aliphatic rings. The van der Waals surface area contributed by atoms with Crippen LogP contribution in [0.15, 0.2) is 176 Å². The Labute approximate surface area is 304 Å². The highest BCUT2D eigenvalue weighted by molar-refractivity contribution is 6.26. The third kappa shape index (κ3) is 4.31. The fourth-order valence-corrected chi connectivity index (χ4v) is 8.30. The van der Waals surface area contributed by atoms with Crippen molar-refractivity contribution in [3.8, 4) is 56.5 Å². The number of aromatic nitrogens is 4. The molecule has 11 rings (SSSR count). The van der Waals surface area contributed by atoms with Crippen molar-refractivity contribution in [2.24, 2.45) is 0 Å². The first-order valence-electron chi connectivity index (χ1n) is 17.8. The standard InChI is InChI=1S/C48H30N4O/c53-43-28-12-9-21-35(43)48-50-45-37(24-14-27-41(45)52(48)39-25-10-7-19-32(39)30-15-3-1-4-16-30)46-44-36-23-13-22-34-33-20-8-11-26-40(33)51(47(34)36)42(44)29-38(49-46)31-17-5-2-6-18-31/h1-29,53H. The lowest BCUT2D eigenvalue weighted by atomic mass is 10.00. The molecule has 4 heterocycles. The summed E-state index contributed by atoms with van der Waals surface area (Å²) in [6.45, 7) is 0. The van der Waals surface area contributed by atoms with Gasteiger partial charge in [0.2, 0.25) is 0 Å². The first kappa shape index (κ1) is 29.5. The van der Waals surface area contributed by atoms with Gasteiger partial charge in [0.05, 0.1) is 50.2 Å². The second-order valence-corrected chi connectivity index (χ2v) is 13.5. The fraction of sp³-hybridized carbons (Fsp3) is 0. The van der Waals surface area contributed by atoms with Gasteiger partial charge in [-0.1, -0.05) is 140 Å². The lowest BCUT2D eigenvalue weighted by molar-refractivity contribution is 0.477. The van der Waals surface area contributed by atoms with Gasteiger partial charge in [-0.25, -0.2) is 9.97 Å². The fourth-order valence-electron chi connectivity index (χ4n) is 8.30. The van der Waals surface area contributed by atoms with Crippen molar-refractivity contribution in [1.29, 1.82) is 0 Å². The second-order valence-electron chi connectivity index (χ2n) is 13.5.